The summed E-state index contributed by atoms with van der Waals surface area (Å²) in [5.41, 5.74) is -1.12. The van der Waals surface area contributed by atoms with Gasteiger partial charge in [-0.1, -0.05) is 44.2 Å². The fourth-order valence-electron chi connectivity index (χ4n) is 4.88. The first-order chi connectivity index (χ1) is 19.4. The van der Waals surface area contributed by atoms with E-state index in [1.54, 1.807) is 0 Å². The van der Waals surface area contributed by atoms with E-state index < -0.39 is 61.2 Å². The fraction of sp³-hybridized carbons (Fsp3) is 0.464. The van der Waals surface area contributed by atoms with Crippen LogP contribution in [0.15, 0.2) is 48.9 Å². The molecule has 1 aliphatic rings. The van der Waals surface area contributed by atoms with Gasteiger partial charge in [0.2, 0.25) is 0 Å². The van der Waals surface area contributed by atoms with Gasteiger partial charge in [0.05, 0.1) is 25.1 Å². The number of nitrogens with zero attached hydrogens (tertiary/aromatic N) is 3. The fourth-order valence-corrected chi connectivity index (χ4v) is 4.88. The number of nitrogens with one attached hydrogen (secondary N) is 1. The number of carboxylic acids is 1. The number of carbonyl (C=O) groups is 5. The Kier molecular flexibility index (Phi) is 10.7. The molecule has 41 heavy (non-hydrogen) atoms. The molecule has 0 unspecified atom stereocenters. The molecule has 2 aromatic rings. The first-order valence-corrected chi connectivity index (χ1v) is 13.3. The van der Waals surface area contributed by atoms with Gasteiger partial charge in [-0.15, -0.1) is 0 Å². The zero-order valence-electron chi connectivity index (χ0n) is 23.6. The quantitative estimate of drug-likeness (QED) is 0.342. The molecule has 218 valence electrons. The minimum atomic E-state index is -1.97. The van der Waals surface area contributed by atoms with E-state index in [-0.39, 0.29) is 30.2 Å². The summed E-state index contributed by atoms with van der Waals surface area (Å²) in [6.07, 6.45) is 3.15. The number of hydrogen-bond donors (Lipinski definition) is 2. The summed E-state index contributed by atoms with van der Waals surface area (Å²) >= 11 is 0. The van der Waals surface area contributed by atoms with Crippen LogP contribution in [0.4, 0.5) is 0 Å². The van der Waals surface area contributed by atoms with Crippen LogP contribution in [0.5, 0.6) is 0 Å². The topological polar surface area (TPSA) is 165 Å². The van der Waals surface area contributed by atoms with Gasteiger partial charge in [0.15, 0.2) is 11.4 Å². The number of amides is 2. The van der Waals surface area contributed by atoms with Crippen LogP contribution in [-0.2, 0) is 34.9 Å². The zero-order chi connectivity index (χ0) is 30.2. The van der Waals surface area contributed by atoms with E-state index in [1.165, 1.54) is 37.6 Å². The molecule has 1 aromatic heterocycles. The third-order valence-electron chi connectivity index (χ3n) is 6.65. The number of Topliss-reactive ketones (excluding diaryl/α,β-unsaturated/α-hetero) is 1. The third-order valence-corrected chi connectivity index (χ3v) is 6.65. The van der Waals surface area contributed by atoms with Gasteiger partial charge in [0.1, 0.15) is 5.69 Å². The van der Waals surface area contributed by atoms with Gasteiger partial charge < -0.3 is 24.6 Å². The normalized spacial score (nSPS) is 18.3. The highest BCUT2D eigenvalue weighted by Gasteiger charge is 2.54. The number of hydrogen-bond acceptors (Lipinski definition) is 9. The van der Waals surface area contributed by atoms with Crippen LogP contribution < -0.4 is 5.32 Å². The standard InChI is InChI=1S/C28H35BN4O8/c1-18(2)12-20(29-40-25(37)16-28(41-29,15-24(35)36)27(39)33(3)4)14-23(34)21(13-19-8-6-5-7-9-19)32-26(38)22-17-30-10-11-31-22/h5-11,17-18,20-21H,12-16H2,1-4H3,(H,32,38)(H,35,36)/t20-,21+,28-/m1/s1. The molecule has 0 aliphatic carbocycles. The van der Waals surface area contributed by atoms with E-state index in [9.17, 15) is 29.1 Å². The van der Waals surface area contributed by atoms with Crippen molar-refractivity contribution in [2.24, 2.45) is 5.92 Å². The van der Waals surface area contributed by atoms with Crippen molar-refractivity contribution in [3.8, 4) is 0 Å². The molecule has 0 bridgehead atoms. The van der Waals surface area contributed by atoms with Gasteiger partial charge in [0.25, 0.3) is 17.8 Å². The molecule has 1 aliphatic heterocycles. The average Bonchev–Trinajstić information content (AvgIpc) is 2.91. The lowest BCUT2D eigenvalue weighted by Gasteiger charge is -2.40. The molecule has 13 heteroatoms. The van der Waals surface area contributed by atoms with Gasteiger partial charge in [0, 0.05) is 38.7 Å². The lowest BCUT2D eigenvalue weighted by Crippen LogP contribution is -2.59. The molecular weight excluding hydrogens is 531 g/mol. The molecule has 0 spiro atoms. The number of benzene rings is 1. The highest BCUT2D eigenvalue weighted by Crippen LogP contribution is 2.37. The van der Waals surface area contributed by atoms with Crippen molar-refractivity contribution in [3.63, 3.8) is 0 Å². The summed E-state index contributed by atoms with van der Waals surface area (Å²) in [5, 5.41) is 12.3. The number of carboxylic acid groups (broad SMARTS) is 1. The monoisotopic (exact) mass is 566 g/mol. The molecule has 1 saturated heterocycles. The predicted molar refractivity (Wildman–Crippen MR) is 147 cm³/mol. The Hall–Kier alpha value is -4.13. The molecule has 2 amide bonds. The van der Waals surface area contributed by atoms with Crippen molar-refractivity contribution in [2.75, 3.05) is 14.1 Å². The summed E-state index contributed by atoms with van der Waals surface area (Å²) in [4.78, 5) is 73.3. The van der Waals surface area contributed by atoms with Crippen molar-refractivity contribution in [1.29, 1.82) is 0 Å². The van der Waals surface area contributed by atoms with Gasteiger partial charge in [-0.05, 0) is 24.3 Å². The summed E-state index contributed by atoms with van der Waals surface area (Å²) in [7, 11) is 1.53. The molecular formula is C28H35BN4O8. The van der Waals surface area contributed by atoms with E-state index >= 15 is 0 Å². The van der Waals surface area contributed by atoms with Crippen molar-refractivity contribution < 1.29 is 38.4 Å². The van der Waals surface area contributed by atoms with Crippen LogP contribution >= 0.6 is 0 Å². The van der Waals surface area contributed by atoms with Crippen molar-refractivity contribution in [2.45, 2.75) is 63.4 Å². The molecule has 1 fully saturated rings. The van der Waals surface area contributed by atoms with Crippen molar-refractivity contribution in [1.82, 2.24) is 20.2 Å². The first kappa shape index (κ1) is 31.4. The SMILES string of the molecule is CC(C)C[C@H](CC(=O)[C@H](Cc1ccccc1)NC(=O)c1cnccn1)B1OC(=O)C[C@](CC(=O)O)(C(=O)N(C)C)O1. The maximum Gasteiger partial charge on any atom is 0.531 e. The third kappa shape index (κ3) is 8.68. The maximum absolute atomic E-state index is 13.8. The van der Waals surface area contributed by atoms with Crippen LogP contribution in [0.2, 0.25) is 5.82 Å². The minimum absolute atomic E-state index is 0.0252. The molecule has 0 saturated carbocycles. The first-order valence-electron chi connectivity index (χ1n) is 13.3. The van der Waals surface area contributed by atoms with E-state index in [0.717, 1.165) is 5.56 Å². The van der Waals surface area contributed by atoms with Gasteiger partial charge >= 0.3 is 13.1 Å². The average molecular weight is 566 g/mol. The van der Waals surface area contributed by atoms with Gasteiger partial charge in [-0.3, -0.25) is 29.0 Å². The molecule has 0 radical (unpaired) electrons. The Bertz CT molecular complexity index is 1240. The summed E-state index contributed by atoms with van der Waals surface area (Å²) in [5.74, 6) is -4.43. The van der Waals surface area contributed by atoms with E-state index in [4.69, 9.17) is 9.31 Å². The van der Waals surface area contributed by atoms with Crippen LogP contribution in [-0.4, -0.2) is 82.4 Å². The van der Waals surface area contributed by atoms with Crippen molar-refractivity contribution >= 4 is 36.7 Å². The molecule has 3 rings (SSSR count). The lowest BCUT2D eigenvalue weighted by molar-refractivity contribution is -0.169. The molecule has 3 atom stereocenters. The van der Waals surface area contributed by atoms with E-state index in [0.29, 0.717) is 6.42 Å². The molecule has 12 nitrogen and oxygen atoms in total. The largest absolute Gasteiger partial charge is 0.531 e. The number of rotatable bonds is 13. The van der Waals surface area contributed by atoms with E-state index in [1.807, 2.05) is 44.2 Å². The molecule has 2 heterocycles. The number of likely N-dealkylation sites (N-methyl/N-ethyl adjacent to an activating group) is 1. The maximum atomic E-state index is 13.8. The Labute approximate surface area is 239 Å². The van der Waals surface area contributed by atoms with Crippen LogP contribution in [0, 0.1) is 5.92 Å². The Morgan fingerprint density at radius 1 is 1.15 bits per heavy atom. The smallest absolute Gasteiger partial charge is 0.509 e. The Morgan fingerprint density at radius 3 is 2.44 bits per heavy atom. The number of ketones is 1. The number of carbonyl (C=O) groups excluding carboxylic acids is 4. The van der Waals surface area contributed by atoms with Crippen LogP contribution in [0.25, 0.3) is 0 Å². The van der Waals surface area contributed by atoms with Crippen LogP contribution in [0.1, 0.15) is 55.6 Å². The highest BCUT2D eigenvalue weighted by atomic mass is 16.6. The Balaban J connectivity index is 1.90. The highest BCUT2D eigenvalue weighted by molar-refractivity contribution is 6.50. The van der Waals surface area contributed by atoms with Crippen molar-refractivity contribution in [3.05, 3.63) is 60.2 Å². The minimum Gasteiger partial charge on any atom is -0.509 e. The molecule has 2 N–H and O–H groups in total. The zero-order valence-corrected chi connectivity index (χ0v) is 23.6. The number of aromatic nitrogens is 2. The van der Waals surface area contributed by atoms with Crippen LogP contribution in [0.3, 0.4) is 0 Å². The lowest BCUT2D eigenvalue weighted by atomic mass is 9.63. The van der Waals surface area contributed by atoms with Gasteiger partial charge in [-0.25, -0.2) is 4.98 Å². The summed E-state index contributed by atoms with van der Waals surface area (Å²) in [6, 6.07) is 8.18. The molecule has 1 aromatic carbocycles. The number of aliphatic carboxylic acids is 1. The van der Waals surface area contributed by atoms with Gasteiger partial charge in [-0.2, -0.15) is 0 Å². The van der Waals surface area contributed by atoms with E-state index in [2.05, 4.69) is 15.3 Å². The predicted octanol–water partition coefficient (Wildman–Crippen LogP) is 1.95. The second kappa shape index (κ2) is 14.0. The summed E-state index contributed by atoms with van der Waals surface area (Å²) in [6.45, 7) is 3.82. The second-order valence-corrected chi connectivity index (χ2v) is 10.8. The second-order valence-electron chi connectivity index (χ2n) is 10.8. The summed E-state index contributed by atoms with van der Waals surface area (Å²) < 4.78 is 11.5. The Morgan fingerprint density at radius 2 is 1.85 bits per heavy atom.